The molecule has 0 aromatic rings. The molecular weight excluding hydrogens is 283 g/mol. The van der Waals surface area contributed by atoms with Gasteiger partial charge in [0.05, 0.1) is 0 Å². The van der Waals surface area contributed by atoms with E-state index >= 15 is 0 Å². The molecule has 0 rings (SSSR count). The molecule has 0 bridgehead atoms. The molecule has 0 nitrogen and oxygen atoms in total. The maximum Gasteiger partial charge on any atom is 4.00 e. The predicted molar refractivity (Wildman–Crippen MR) is 0 cm³/mol. The summed E-state index contributed by atoms with van der Waals surface area (Å²) in [6, 6.07) is 0. The first-order valence-electron chi connectivity index (χ1n) is 0. The van der Waals surface area contributed by atoms with Crippen LogP contribution in [0.3, 0.4) is 0 Å². The summed E-state index contributed by atoms with van der Waals surface area (Å²) in [6.07, 6.45) is 0. The topological polar surface area (TPSA) is 0 Å². The van der Waals surface area contributed by atoms with Gasteiger partial charge in [-0.2, -0.15) is 0 Å². The number of rotatable bonds is 0. The summed E-state index contributed by atoms with van der Waals surface area (Å²) in [6.45, 7) is 0. The SMILES string of the molecule is [Ni].[Ni].[Ni].[Ni].[Ti+4]. The molecule has 0 atom stereocenters. The van der Waals surface area contributed by atoms with Crippen molar-refractivity contribution in [2.75, 3.05) is 0 Å². The van der Waals surface area contributed by atoms with E-state index in [1.807, 2.05) is 0 Å². The molecule has 0 aliphatic heterocycles. The van der Waals surface area contributed by atoms with Crippen LogP contribution in [-0.2, 0) is 87.7 Å². The van der Waals surface area contributed by atoms with Gasteiger partial charge in [-0.25, -0.2) is 0 Å². The van der Waals surface area contributed by atoms with Crippen molar-refractivity contribution in [3.8, 4) is 0 Å². The van der Waals surface area contributed by atoms with Crippen molar-refractivity contribution in [1.82, 2.24) is 0 Å². The molecule has 0 N–H and O–H groups in total. The first-order chi connectivity index (χ1) is 0. The summed E-state index contributed by atoms with van der Waals surface area (Å²) >= 11 is 0. The summed E-state index contributed by atoms with van der Waals surface area (Å²) < 4.78 is 0. The van der Waals surface area contributed by atoms with Crippen LogP contribution in [0.2, 0.25) is 0 Å². The standard InChI is InChI=1S/4Ni.Ti/q;;;;+4. The van der Waals surface area contributed by atoms with Crippen LogP contribution in [0, 0.1) is 0 Å². The van der Waals surface area contributed by atoms with Crippen LogP contribution < -0.4 is 0 Å². The molecule has 0 fully saturated rings. The van der Waals surface area contributed by atoms with Gasteiger partial charge < -0.3 is 0 Å². The Balaban J connectivity index is 0. The summed E-state index contributed by atoms with van der Waals surface area (Å²) in [5.74, 6) is 0. The van der Waals surface area contributed by atoms with Gasteiger partial charge in [0, 0.05) is 66.0 Å². The van der Waals surface area contributed by atoms with Gasteiger partial charge in [-0.1, -0.05) is 0 Å². The number of hydrogen-bond acceptors (Lipinski definition) is 0. The van der Waals surface area contributed by atoms with E-state index in [9.17, 15) is 0 Å². The zero-order chi connectivity index (χ0) is 0. The van der Waals surface area contributed by atoms with Crippen LogP contribution in [-0.4, -0.2) is 0 Å². The first kappa shape index (κ1) is 47.6. The molecule has 0 aromatic carbocycles. The molecular formula is Ni4Ti+4. The molecule has 0 aromatic heterocycles. The largest absolute Gasteiger partial charge is 4.00 e. The third kappa shape index (κ3) is 20.3. The van der Waals surface area contributed by atoms with Gasteiger partial charge in [0.1, 0.15) is 0 Å². The summed E-state index contributed by atoms with van der Waals surface area (Å²) in [5, 5.41) is 0. The molecule has 0 saturated carbocycles. The minimum Gasteiger partial charge on any atom is 0 e. The van der Waals surface area contributed by atoms with E-state index in [1.54, 1.807) is 0 Å². The van der Waals surface area contributed by atoms with E-state index in [2.05, 4.69) is 0 Å². The molecule has 5 heavy (non-hydrogen) atoms. The van der Waals surface area contributed by atoms with E-state index in [0.717, 1.165) is 0 Å². The van der Waals surface area contributed by atoms with Crippen LogP contribution in [0.25, 0.3) is 0 Å². The smallest absolute Gasteiger partial charge is 0 e. The Morgan fingerprint density at radius 2 is 0.400 bits per heavy atom. The second kappa shape index (κ2) is 29.9. The fraction of sp³-hybridized carbons (Fsp3) is 0. The Kier molecular flexibility index (Phi) is 285. The van der Waals surface area contributed by atoms with Gasteiger partial charge >= 0.3 is 21.7 Å². The molecule has 0 heterocycles. The summed E-state index contributed by atoms with van der Waals surface area (Å²) in [5.41, 5.74) is 0. The van der Waals surface area contributed by atoms with E-state index in [1.165, 1.54) is 0 Å². The summed E-state index contributed by atoms with van der Waals surface area (Å²) in [4.78, 5) is 0. The minimum atomic E-state index is 0. The predicted octanol–water partition coefficient (Wildman–Crippen LogP) is -0.0125. The minimum absolute atomic E-state index is 0. The van der Waals surface area contributed by atoms with E-state index in [-0.39, 0.29) is 87.7 Å². The zero-order valence-electron chi connectivity index (χ0n) is 1.76. The van der Waals surface area contributed by atoms with Crippen molar-refractivity contribution in [1.29, 1.82) is 0 Å². The molecule has 0 amide bonds. The first-order valence-corrected chi connectivity index (χ1v) is 0. The van der Waals surface area contributed by atoms with Crippen LogP contribution in [0.5, 0.6) is 0 Å². The fourth-order valence-electron chi connectivity index (χ4n) is 0. The average molecular weight is 283 g/mol. The van der Waals surface area contributed by atoms with Crippen molar-refractivity contribution in [2.45, 2.75) is 0 Å². The maximum absolute atomic E-state index is 0. The van der Waals surface area contributed by atoms with Gasteiger partial charge in [-0.3, -0.25) is 0 Å². The van der Waals surface area contributed by atoms with Gasteiger partial charge in [0.2, 0.25) is 0 Å². The van der Waals surface area contributed by atoms with Crippen molar-refractivity contribution in [3.63, 3.8) is 0 Å². The quantitative estimate of drug-likeness (QED) is 0.548. The monoisotopic (exact) mass is 280 g/mol. The Hall–Kier alpha value is 2.69. The van der Waals surface area contributed by atoms with Gasteiger partial charge in [-0.15, -0.1) is 0 Å². The van der Waals surface area contributed by atoms with Crippen LogP contribution >= 0.6 is 0 Å². The Morgan fingerprint density at radius 3 is 0.400 bits per heavy atom. The van der Waals surface area contributed by atoms with Crippen molar-refractivity contribution < 1.29 is 87.7 Å². The third-order valence-electron chi connectivity index (χ3n) is 0. The van der Waals surface area contributed by atoms with Crippen molar-refractivity contribution in [3.05, 3.63) is 0 Å². The second-order valence-corrected chi connectivity index (χ2v) is 0. The normalized spacial score (nSPS) is 0. The van der Waals surface area contributed by atoms with Crippen LogP contribution in [0.15, 0.2) is 0 Å². The molecule has 0 unspecified atom stereocenters. The van der Waals surface area contributed by atoms with Crippen molar-refractivity contribution >= 4 is 0 Å². The van der Waals surface area contributed by atoms with Crippen molar-refractivity contribution in [2.24, 2.45) is 0 Å². The molecule has 0 spiro atoms. The molecule has 40 valence electrons. The van der Waals surface area contributed by atoms with Crippen LogP contribution in [0.4, 0.5) is 0 Å². The van der Waals surface area contributed by atoms with Crippen LogP contribution in [0.1, 0.15) is 0 Å². The Labute approximate surface area is 86.6 Å². The zero-order valence-corrected chi connectivity index (χ0v) is 7.28. The molecule has 5 heteroatoms. The Morgan fingerprint density at radius 1 is 0.400 bits per heavy atom. The molecule has 0 radical (unpaired) electrons. The molecule has 0 saturated heterocycles. The van der Waals surface area contributed by atoms with Gasteiger partial charge in [0.15, 0.2) is 0 Å². The maximum atomic E-state index is 0. The molecule has 0 aliphatic carbocycles. The van der Waals surface area contributed by atoms with Gasteiger partial charge in [-0.05, 0) is 0 Å². The average Bonchev–Trinajstić information content (AvgIpc) is 0. The Bertz CT molecular complexity index is 3.61. The van der Waals surface area contributed by atoms with E-state index in [0.29, 0.717) is 0 Å². The van der Waals surface area contributed by atoms with Gasteiger partial charge in [0.25, 0.3) is 0 Å². The second-order valence-electron chi connectivity index (χ2n) is 0. The fourth-order valence-corrected chi connectivity index (χ4v) is 0. The third-order valence-corrected chi connectivity index (χ3v) is 0. The number of hydrogen-bond donors (Lipinski definition) is 0. The van der Waals surface area contributed by atoms with E-state index in [4.69, 9.17) is 0 Å². The van der Waals surface area contributed by atoms with E-state index < -0.39 is 0 Å². The molecule has 0 aliphatic rings. The summed E-state index contributed by atoms with van der Waals surface area (Å²) in [7, 11) is 0.